The van der Waals surface area contributed by atoms with E-state index in [4.69, 9.17) is 5.73 Å². The number of nitrogens with two attached hydrogens (primary N) is 1. The van der Waals surface area contributed by atoms with Gasteiger partial charge in [-0.1, -0.05) is 12.1 Å². The summed E-state index contributed by atoms with van der Waals surface area (Å²) in [4.78, 5) is 0. The molecule has 0 saturated carbocycles. The van der Waals surface area contributed by atoms with Crippen LogP contribution in [-0.4, -0.2) is 13.0 Å². The Bertz CT molecular complexity index is 312. The minimum Gasteiger partial charge on any atom is -0.330 e. The minimum absolute atomic E-state index is 0.180. The molecule has 0 fully saturated rings. The third-order valence-electron chi connectivity index (χ3n) is 2.18. The first-order valence-electron chi connectivity index (χ1n) is 4.30. The van der Waals surface area contributed by atoms with Gasteiger partial charge in [0.1, 0.15) is 5.82 Å². The van der Waals surface area contributed by atoms with Crippen LogP contribution in [0.2, 0.25) is 0 Å². The molecule has 14 heavy (non-hydrogen) atoms. The van der Waals surface area contributed by atoms with Gasteiger partial charge in [0.25, 0.3) is 0 Å². The van der Waals surface area contributed by atoms with Crippen LogP contribution in [-0.2, 0) is 0 Å². The molecular weight excluding hydrogens is 191 g/mol. The van der Waals surface area contributed by atoms with E-state index in [0.29, 0.717) is 5.56 Å². The van der Waals surface area contributed by atoms with E-state index >= 15 is 0 Å². The van der Waals surface area contributed by atoms with Crippen molar-refractivity contribution in [2.45, 2.75) is 19.3 Å². The number of benzene rings is 1. The van der Waals surface area contributed by atoms with Gasteiger partial charge in [0.05, 0.1) is 5.92 Å². The molecule has 0 saturated heterocycles. The van der Waals surface area contributed by atoms with Crippen molar-refractivity contribution in [2.24, 2.45) is 5.73 Å². The monoisotopic (exact) mass is 203 g/mol. The number of alkyl halides is 2. The highest BCUT2D eigenvalue weighted by Gasteiger charge is 2.21. The molecule has 1 aromatic carbocycles. The zero-order valence-electron chi connectivity index (χ0n) is 7.81. The van der Waals surface area contributed by atoms with E-state index in [-0.39, 0.29) is 12.1 Å². The molecule has 0 radical (unpaired) electrons. The topological polar surface area (TPSA) is 26.0 Å². The molecule has 0 heterocycles. The normalized spacial score (nSPS) is 13.3. The standard InChI is InChI=1S/C10H12F3N/c1-6-2-3-7(4-9(6)11)8(5-14)10(12)13/h2-4,8,10H,5,14H2,1H3. The summed E-state index contributed by atoms with van der Waals surface area (Å²) >= 11 is 0. The van der Waals surface area contributed by atoms with E-state index in [1.54, 1.807) is 6.92 Å². The Morgan fingerprint density at radius 3 is 2.43 bits per heavy atom. The fraction of sp³-hybridized carbons (Fsp3) is 0.400. The molecule has 1 aromatic rings. The molecule has 0 amide bonds. The van der Waals surface area contributed by atoms with Gasteiger partial charge in [0, 0.05) is 6.54 Å². The Kier molecular flexibility index (Phi) is 3.52. The molecule has 0 aromatic heterocycles. The highest BCUT2D eigenvalue weighted by atomic mass is 19.3. The third-order valence-corrected chi connectivity index (χ3v) is 2.18. The van der Waals surface area contributed by atoms with Crippen molar-refractivity contribution < 1.29 is 13.2 Å². The summed E-state index contributed by atoms with van der Waals surface area (Å²) in [6.45, 7) is 1.40. The van der Waals surface area contributed by atoms with E-state index in [9.17, 15) is 13.2 Å². The van der Waals surface area contributed by atoms with Gasteiger partial charge in [0.2, 0.25) is 6.43 Å². The van der Waals surface area contributed by atoms with Gasteiger partial charge in [-0.05, 0) is 24.1 Å². The Labute approximate surface area is 80.7 Å². The summed E-state index contributed by atoms with van der Waals surface area (Å²) < 4.78 is 37.9. The molecule has 0 aliphatic heterocycles. The average Bonchev–Trinajstić information content (AvgIpc) is 2.11. The second-order valence-electron chi connectivity index (χ2n) is 3.19. The zero-order valence-corrected chi connectivity index (χ0v) is 7.81. The van der Waals surface area contributed by atoms with Crippen LogP contribution in [0.25, 0.3) is 0 Å². The zero-order chi connectivity index (χ0) is 10.7. The fourth-order valence-corrected chi connectivity index (χ4v) is 1.22. The maximum Gasteiger partial charge on any atom is 0.246 e. The summed E-state index contributed by atoms with van der Waals surface area (Å²) in [6, 6.07) is 4.09. The van der Waals surface area contributed by atoms with Gasteiger partial charge in [-0.2, -0.15) is 0 Å². The number of hydrogen-bond acceptors (Lipinski definition) is 1. The maximum atomic E-state index is 13.1. The molecule has 1 unspecified atom stereocenters. The molecule has 4 heteroatoms. The first-order valence-corrected chi connectivity index (χ1v) is 4.30. The first kappa shape index (κ1) is 11.0. The Morgan fingerprint density at radius 1 is 1.36 bits per heavy atom. The smallest absolute Gasteiger partial charge is 0.246 e. The van der Waals surface area contributed by atoms with Crippen molar-refractivity contribution in [1.82, 2.24) is 0 Å². The summed E-state index contributed by atoms with van der Waals surface area (Å²) in [5.74, 6) is -1.55. The van der Waals surface area contributed by atoms with Crippen LogP contribution in [0, 0.1) is 12.7 Å². The molecular formula is C10H12F3N. The van der Waals surface area contributed by atoms with E-state index in [1.165, 1.54) is 12.1 Å². The van der Waals surface area contributed by atoms with E-state index < -0.39 is 18.2 Å². The summed E-state index contributed by atoms with van der Waals surface area (Å²) in [7, 11) is 0. The van der Waals surface area contributed by atoms with Crippen LogP contribution in [0.5, 0.6) is 0 Å². The summed E-state index contributed by atoms with van der Waals surface area (Å²) in [5.41, 5.74) is 5.89. The van der Waals surface area contributed by atoms with Gasteiger partial charge in [0.15, 0.2) is 0 Å². The molecule has 0 aliphatic carbocycles. The van der Waals surface area contributed by atoms with Gasteiger partial charge in [-0.15, -0.1) is 0 Å². The molecule has 2 N–H and O–H groups in total. The number of rotatable bonds is 3. The predicted molar refractivity (Wildman–Crippen MR) is 48.9 cm³/mol. The van der Waals surface area contributed by atoms with Crippen LogP contribution in [0.1, 0.15) is 17.0 Å². The highest BCUT2D eigenvalue weighted by Crippen LogP contribution is 2.23. The van der Waals surface area contributed by atoms with Gasteiger partial charge in [-0.3, -0.25) is 0 Å². The van der Waals surface area contributed by atoms with Crippen LogP contribution in [0.3, 0.4) is 0 Å². The van der Waals surface area contributed by atoms with Gasteiger partial charge < -0.3 is 5.73 Å². The third kappa shape index (κ3) is 2.26. The van der Waals surface area contributed by atoms with Crippen molar-refractivity contribution >= 4 is 0 Å². The van der Waals surface area contributed by atoms with E-state index in [0.717, 1.165) is 6.07 Å². The maximum absolute atomic E-state index is 13.1. The fourth-order valence-electron chi connectivity index (χ4n) is 1.22. The Morgan fingerprint density at radius 2 is 2.00 bits per heavy atom. The lowest BCUT2D eigenvalue weighted by Crippen LogP contribution is -2.19. The second-order valence-corrected chi connectivity index (χ2v) is 3.19. The van der Waals surface area contributed by atoms with Crippen LogP contribution in [0.15, 0.2) is 18.2 Å². The van der Waals surface area contributed by atoms with Crippen molar-refractivity contribution in [1.29, 1.82) is 0 Å². The molecule has 1 atom stereocenters. The summed E-state index contributed by atoms with van der Waals surface area (Å²) in [5, 5.41) is 0. The van der Waals surface area contributed by atoms with Crippen LogP contribution in [0.4, 0.5) is 13.2 Å². The van der Waals surface area contributed by atoms with Crippen molar-refractivity contribution in [3.8, 4) is 0 Å². The molecule has 1 nitrogen and oxygen atoms in total. The van der Waals surface area contributed by atoms with Crippen LogP contribution >= 0.6 is 0 Å². The molecule has 0 aliphatic rings. The van der Waals surface area contributed by atoms with Crippen molar-refractivity contribution in [3.63, 3.8) is 0 Å². The number of aryl methyl sites for hydroxylation is 1. The number of hydrogen-bond donors (Lipinski definition) is 1. The Hall–Kier alpha value is -1.03. The van der Waals surface area contributed by atoms with Crippen molar-refractivity contribution in [3.05, 3.63) is 35.1 Å². The Balaban J connectivity index is 3.00. The lowest BCUT2D eigenvalue weighted by Gasteiger charge is -2.14. The first-order chi connectivity index (χ1) is 6.56. The average molecular weight is 203 g/mol. The predicted octanol–water partition coefficient (Wildman–Crippen LogP) is 2.44. The van der Waals surface area contributed by atoms with Crippen LogP contribution < -0.4 is 5.73 Å². The quantitative estimate of drug-likeness (QED) is 0.802. The number of halogens is 3. The second kappa shape index (κ2) is 4.46. The molecule has 78 valence electrons. The minimum atomic E-state index is -2.55. The lowest BCUT2D eigenvalue weighted by atomic mass is 9.98. The van der Waals surface area contributed by atoms with Gasteiger partial charge in [-0.25, -0.2) is 13.2 Å². The molecule has 1 rings (SSSR count). The summed E-state index contributed by atoms with van der Waals surface area (Å²) in [6.07, 6.45) is -2.55. The van der Waals surface area contributed by atoms with Gasteiger partial charge >= 0.3 is 0 Å². The molecule has 0 spiro atoms. The van der Waals surface area contributed by atoms with E-state index in [2.05, 4.69) is 0 Å². The largest absolute Gasteiger partial charge is 0.330 e. The lowest BCUT2D eigenvalue weighted by molar-refractivity contribution is 0.117. The SMILES string of the molecule is Cc1ccc(C(CN)C(F)F)cc1F. The highest BCUT2D eigenvalue weighted by molar-refractivity contribution is 5.26. The molecule has 0 bridgehead atoms. The van der Waals surface area contributed by atoms with Crippen molar-refractivity contribution in [2.75, 3.05) is 6.54 Å². The van der Waals surface area contributed by atoms with E-state index in [1.807, 2.05) is 0 Å².